The second-order valence-corrected chi connectivity index (χ2v) is 16.3. The summed E-state index contributed by atoms with van der Waals surface area (Å²) in [6, 6.07) is 8.31. The Balaban J connectivity index is 0.000000583. The molecule has 1 atom stereocenters. The third-order valence-electron chi connectivity index (χ3n) is 6.91. The Kier molecular flexibility index (Phi) is 18.8. The number of rotatable bonds is 11. The molecular weight excluding hydrogens is 678 g/mol. The third-order valence-corrected chi connectivity index (χ3v) is 9.20. The van der Waals surface area contributed by atoms with Gasteiger partial charge in [0.15, 0.2) is 16.9 Å². The van der Waals surface area contributed by atoms with E-state index in [1.807, 2.05) is 70.2 Å². The molecule has 1 fully saturated rings. The van der Waals surface area contributed by atoms with Gasteiger partial charge >= 0.3 is 5.97 Å². The second kappa shape index (κ2) is 20.8. The van der Waals surface area contributed by atoms with Crippen molar-refractivity contribution in [1.29, 1.82) is 0 Å². The number of thioether (sulfide) groups is 1. The molecule has 0 saturated carbocycles. The molecule has 1 aliphatic heterocycles. The van der Waals surface area contributed by atoms with Crippen LogP contribution < -0.4 is 21.1 Å². The third kappa shape index (κ3) is 17.1. The van der Waals surface area contributed by atoms with Gasteiger partial charge in [0.1, 0.15) is 17.2 Å². The Hall–Kier alpha value is -2.76. The van der Waals surface area contributed by atoms with Crippen LogP contribution in [-0.4, -0.2) is 67.3 Å². The first-order chi connectivity index (χ1) is 22.8. The SMILES string of the molecule is C=C/C(=C\C(N)=C/C)CSC.CC1(C)C[C@@H](Nc2cccc(-c3sc(C(=O)OC(C)(C)C)c(OCC=O)c3Cl)c2)CCN1.COC(C)(C)C. The van der Waals surface area contributed by atoms with Gasteiger partial charge in [-0.25, -0.2) is 4.79 Å². The van der Waals surface area contributed by atoms with E-state index in [9.17, 15) is 9.59 Å². The van der Waals surface area contributed by atoms with E-state index in [0.717, 1.165) is 42.1 Å². The van der Waals surface area contributed by atoms with Crippen LogP contribution in [0.15, 0.2) is 60.3 Å². The van der Waals surface area contributed by atoms with Gasteiger partial charge < -0.3 is 30.6 Å². The summed E-state index contributed by atoms with van der Waals surface area (Å²) in [5, 5.41) is 7.46. The molecule has 1 aliphatic rings. The van der Waals surface area contributed by atoms with Crippen LogP contribution >= 0.6 is 34.7 Å². The van der Waals surface area contributed by atoms with E-state index in [1.54, 1.807) is 39.6 Å². The highest BCUT2D eigenvalue weighted by atomic mass is 35.5. The number of anilines is 1. The number of ether oxygens (including phenoxy) is 3. The molecular formula is C38H58ClN3O5S2. The van der Waals surface area contributed by atoms with E-state index in [0.29, 0.717) is 22.2 Å². The molecule has 0 spiro atoms. The number of benzene rings is 1. The van der Waals surface area contributed by atoms with Gasteiger partial charge in [0.2, 0.25) is 0 Å². The zero-order valence-corrected chi connectivity index (χ0v) is 33.6. The Morgan fingerprint density at radius 2 is 1.88 bits per heavy atom. The van der Waals surface area contributed by atoms with Crippen LogP contribution in [0.1, 0.15) is 84.8 Å². The highest BCUT2D eigenvalue weighted by molar-refractivity contribution is 7.98. The average molecular weight is 736 g/mol. The first kappa shape index (κ1) is 44.3. The Labute approximate surface area is 308 Å². The summed E-state index contributed by atoms with van der Waals surface area (Å²) in [7, 11) is 1.71. The number of allylic oxidation sites excluding steroid dienone is 3. The molecule has 2 aromatic rings. The van der Waals surface area contributed by atoms with Gasteiger partial charge in [-0.05, 0) is 117 Å². The van der Waals surface area contributed by atoms with Gasteiger partial charge in [0, 0.05) is 35.8 Å². The van der Waals surface area contributed by atoms with Crippen molar-refractivity contribution in [2.24, 2.45) is 5.73 Å². The lowest BCUT2D eigenvalue weighted by Gasteiger charge is -2.37. The summed E-state index contributed by atoms with van der Waals surface area (Å²) in [6.07, 6.45) is 10.4. The molecule has 1 aromatic heterocycles. The number of thiophene rings is 1. The molecule has 3 rings (SSSR count). The lowest BCUT2D eigenvalue weighted by molar-refractivity contribution is -0.109. The predicted molar refractivity (Wildman–Crippen MR) is 212 cm³/mol. The van der Waals surface area contributed by atoms with Gasteiger partial charge in [0.05, 0.1) is 10.5 Å². The molecule has 0 bridgehead atoms. The molecule has 1 aromatic carbocycles. The van der Waals surface area contributed by atoms with Crippen molar-refractivity contribution in [2.75, 3.05) is 37.6 Å². The fraction of sp³-hybridized carbons (Fsp3) is 0.526. The minimum absolute atomic E-state index is 0.0417. The van der Waals surface area contributed by atoms with Gasteiger partial charge in [-0.3, -0.25) is 4.79 Å². The summed E-state index contributed by atoms with van der Waals surface area (Å²) in [5.74, 6) is 0.632. The van der Waals surface area contributed by atoms with Crippen LogP contribution in [0.5, 0.6) is 5.75 Å². The molecule has 0 aliphatic carbocycles. The van der Waals surface area contributed by atoms with Gasteiger partial charge in [-0.2, -0.15) is 11.8 Å². The van der Waals surface area contributed by atoms with Crippen molar-refractivity contribution >= 4 is 52.6 Å². The van der Waals surface area contributed by atoms with Crippen LogP contribution in [0, 0.1) is 0 Å². The molecule has 0 amide bonds. The van der Waals surface area contributed by atoms with E-state index < -0.39 is 11.6 Å². The standard InChI is InChI=1S/C24H31ClN2O4S.C9H15NS.C5H12O/c1-23(2,3)31-22(29)21-19(30-12-11-28)18(25)20(32-21)15-7-6-8-16(13-15)27-17-9-10-26-24(4,5)14-17;1-4-8(7-11-3)6-9(10)5-2;1-5(2,3)6-4/h6-8,11,13,17,26-27H,9-10,12,14H2,1-5H3;4-6H,1,7,10H2,2-3H3;1-4H3/b;8-6+,9-5+;/t17-;;/m0../s1. The lowest BCUT2D eigenvalue weighted by atomic mass is 9.89. The van der Waals surface area contributed by atoms with Gasteiger partial charge in [-0.1, -0.05) is 42.5 Å². The maximum Gasteiger partial charge on any atom is 0.352 e. The van der Waals surface area contributed by atoms with Crippen LogP contribution in [0.25, 0.3) is 10.4 Å². The zero-order chi connectivity index (χ0) is 37.4. The molecule has 11 heteroatoms. The maximum atomic E-state index is 12.8. The topological polar surface area (TPSA) is 112 Å². The molecule has 8 nitrogen and oxygen atoms in total. The van der Waals surface area contributed by atoms with Crippen molar-refractivity contribution in [3.05, 3.63) is 70.2 Å². The maximum absolute atomic E-state index is 12.8. The smallest absolute Gasteiger partial charge is 0.352 e. The molecule has 274 valence electrons. The molecule has 4 N–H and O–H groups in total. The molecule has 2 heterocycles. The van der Waals surface area contributed by atoms with Gasteiger partial charge in [0.25, 0.3) is 0 Å². The quantitative estimate of drug-likeness (QED) is 0.118. The number of carbonyl (C=O) groups excluding carboxylic acids is 2. The molecule has 1 saturated heterocycles. The van der Waals surface area contributed by atoms with Crippen LogP contribution in [0.4, 0.5) is 5.69 Å². The van der Waals surface area contributed by atoms with Crippen molar-refractivity contribution in [3.63, 3.8) is 0 Å². The summed E-state index contributed by atoms with van der Waals surface area (Å²) >= 11 is 9.60. The van der Waals surface area contributed by atoms with Crippen molar-refractivity contribution in [2.45, 2.75) is 97.9 Å². The van der Waals surface area contributed by atoms with Crippen LogP contribution in [0.3, 0.4) is 0 Å². The fourth-order valence-electron chi connectivity index (χ4n) is 4.39. The van der Waals surface area contributed by atoms with Crippen LogP contribution in [-0.2, 0) is 14.3 Å². The van der Waals surface area contributed by atoms with Crippen molar-refractivity contribution < 1.29 is 23.8 Å². The van der Waals surface area contributed by atoms with E-state index in [2.05, 4.69) is 37.3 Å². The number of aldehydes is 1. The Morgan fingerprint density at radius 1 is 1.22 bits per heavy atom. The zero-order valence-electron chi connectivity index (χ0n) is 31.3. The lowest BCUT2D eigenvalue weighted by Crippen LogP contribution is -2.49. The van der Waals surface area contributed by atoms with Gasteiger partial charge in [-0.15, -0.1) is 11.3 Å². The monoisotopic (exact) mass is 735 g/mol. The number of methoxy groups -OCH3 is 1. The molecule has 49 heavy (non-hydrogen) atoms. The summed E-state index contributed by atoms with van der Waals surface area (Å²) in [5.41, 5.74) is 8.91. The largest absolute Gasteiger partial charge is 0.483 e. The number of hydrogen-bond acceptors (Lipinski definition) is 10. The summed E-state index contributed by atoms with van der Waals surface area (Å²) in [6.45, 7) is 22.3. The Bertz CT molecular complexity index is 1420. The number of nitrogens with one attached hydrogen (secondary N) is 2. The van der Waals surface area contributed by atoms with E-state index in [4.69, 9.17) is 31.5 Å². The second-order valence-electron chi connectivity index (χ2n) is 14.1. The van der Waals surface area contributed by atoms with E-state index in [-0.39, 0.29) is 28.4 Å². The highest BCUT2D eigenvalue weighted by Crippen LogP contribution is 2.46. The number of nitrogens with two attached hydrogens (primary N) is 1. The fourth-order valence-corrected chi connectivity index (χ4v) is 6.37. The number of halogens is 1. The first-order valence-electron chi connectivity index (χ1n) is 16.3. The first-order valence-corrected chi connectivity index (χ1v) is 18.9. The summed E-state index contributed by atoms with van der Waals surface area (Å²) in [4.78, 5) is 24.6. The molecule has 0 unspecified atom stereocenters. The predicted octanol–water partition coefficient (Wildman–Crippen LogP) is 9.30. The number of carbonyl (C=O) groups is 2. The minimum Gasteiger partial charge on any atom is -0.483 e. The van der Waals surface area contributed by atoms with Crippen LogP contribution in [0.2, 0.25) is 5.02 Å². The normalized spacial score (nSPS) is 16.3. The molecule has 0 radical (unpaired) electrons. The summed E-state index contributed by atoms with van der Waals surface area (Å²) < 4.78 is 16.0. The van der Waals surface area contributed by atoms with Crippen molar-refractivity contribution in [1.82, 2.24) is 5.32 Å². The number of esters is 1. The van der Waals surface area contributed by atoms with E-state index in [1.165, 1.54) is 16.9 Å². The Morgan fingerprint density at radius 3 is 2.39 bits per heavy atom. The average Bonchev–Trinajstić information content (AvgIpc) is 3.34. The number of hydrogen-bond donors (Lipinski definition) is 3. The van der Waals surface area contributed by atoms with Crippen molar-refractivity contribution in [3.8, 4) is 16.2 Å². The van der Waals surface area contributed by atoms with E-state index >= 15 is 0 Å². The highest BCUT2D eigenvalue weighted by Gasteiger charge is 2.29. The minimum atomic E-state index is -0.665. The number of piperidine rings is 1.